The lowest BCUT2D eigenvalue weighted by atomic mass is 9.82. The van der Waals surface area contributed by atoms with E-state index < -0.39 is 5.97 Å². The van der Waals surface area contributed by atoms with Gasteiger partial charge in [0.15, 0.2) is 0 Å². The van der Waals surface area contributed by atoms with Crippen LogP contribution in [0.1, 0.15) is 45.4 Å². The minimum absolute atomic E-state index is 0.514. The molecule has 4 heteroatoms. The largest absolute Gasteiger partial charge is 0.478 e. The zero-order chi connectivity index (χ0) is 13.8. The van der Waals surface area contributed by atoms with Crippen LogP contribution in [-0.2, 0) is 4.79 Å². The Labute approximate surface area is 115 Å². The Morgan fingerprint density at radius 1 is 1.37 bits per heavy atom. The van der Waals surface area contributed by atoms with Crippen molar-refractivity contribution in [3.8, 4) is 0 Å². The summed E-state index contributed by atoms with van der Waals surface area (Å²) in [4.78, 5) is 13.5. The lowest BCUT2D eigenvalue weighted by Gasteiger charge is -2.47. The lowest BCUT2D eigenvalue weighted by molar-refractivity contribution is -0.132. The van der Waals surface area contributed by atoms with E-state index in [-0.39, 0.29) is 0 Å². The fraction of sp³-hybridized carbons (Fsp3) is 0.800. The summed E-state index contributed by atoms with van der Waals surface area (Å²) in [6, 6.07) is 1.99. The molecule has 2 fully saturated rings. The van der Waals surface area contributed by atoms with Crippen molar-refractivity contribution in [3.63, 3.8) is 0 Å². The number of hydrogen-bond acceptors (Lipinski definition) is 3. The number of hydrogen-bond donors (Lipinski definition) is 2. The van der Waals surface area contributed by atoms with Crippen LogP contribution >= 0.6 is 0 Å². The number of carboxylic acid groups (broad SMARTS) is 1. The van der Waals surface area contributed by atoms with Gasteiger partial charge in [-0.1, -0.05) is 19.4 Å². The first-order valence-electron chi connectivity index (χ1n) is 7.49. The van der Waals surface area contributed by atoms with Crippen LogP contribution in [0.15, 0.2) is 11.6 Å². The molecule has 2 saturated heterocycles. The molecule has 2 rings (SSSR count). The number of nitrogens with zero attached hydrogens (tertiary/aromatic N) is 1. The van der Waals surface area contributed by atoms with Crippen molar-refractivity contribution >= 4 is 5.97 Å². The normalized spacial score (nSPS) is 32.3. The van der Waals surface area contributed by atoms with E-state index in [0.717, 1.165) is 12.1 Å². The van der Waals surface area contributed by atoms with Crippen molar-refractivity contribution in [2.45, 2.75) is 63.6 Å². The molecule has 0 aromatic carbocycles. The van der Waals surface area contributed by atoms with Crippen molar-refractivity contribution in [2.24, 2.45) is 0 Å². The van der Waals surface area contributed by atoms with Gasteiger partial charge in [0.2, 0.25) is 0 Å². The van der Waals surface area contributed by atoms with Gasteiger partial charge in [0.1, 0.15) is 0 Å². The molecule has 108 valence electrons. The van der Waals surface area contributed by atoms with Gasteiger partial charge < -0.3 is 15.3 Å². The molecular formula is C15H26N2O2. The summed E-state index contributed by atoms with van der Waals surface area (Å²) in [5, 5.41) is 12.5. The maximum absolute atomic E-state index is 10.9. The monoisotopic (exact) mass is 266 g/mol. The van der Waals surface area contributed by atoms with Crippen molar-refractivity contribution in [1.29, 1.82) is 0 Å². The molecule has 0 amide bonds. The van der Waals surface area contributed by atoms with Gasteiger partial charge in [-0.3, -0.25) is 0 Å². The summed E-state index contributed by atoms with van der Waals surface area (Å²) in [7, 11) is 2.25. The molecule has 2 N–H and O–H groups in total. The molecule has 0 radical (unpaired) electrons. The van der Waals surface area contributed by atoms with Gasteiger partial charge >= 0.3 is 5.97 Å². The number of piperidine rings is 2. The first-order valence-corrected chi connectivity index (χ1v) is 7.49. The van der Waals surface area contributed by atoms with Gasteiger partial charge in [0.05, 0.1) is 0 Å². The minimum atomic E-state index is -0.787. The molecule has 0 aromatic heterocycles. The summed E-state index contributed by atoms with van der Waals surface area (Å²) < 4.78 is 0. The topological polar surface area (TPSA) is 52.6 Å². The van der Waals surface area contributed by atoms with Crippen LogP contribution in [0.3, 0.4) is 0 Å². The summed E-state index contributed by atoms with van der Waals surface area (Å²) in [5.74, 6) is -0.787. The van der Waals surface area contributed by atoms with E-state index in [1.807, 2.05) is 13.0 Å². The second-order valence-corrected chi connectivity index (χ2v) is 5.87. The molecule has 2 aliphatic heterocycles. The van der Waals surface area contributed by atoms with Crippen LogP contribution in [0.2, 0.25) is 0 Å². The smallest absolute Gasteiger partial charge is 0.331 e. The number of nitrogens with one attached hydrogen (secondary N) is 1. The average molecular weight is 266 g/mol. The molecule has 2 aliphatic rings. The first kappa shape index (κ1) is 14.5. The van der Waals surface area contributed by atoms with Crippen molar-refractivity contribution in [1.82, 2.24) is 10.2 Å². The van der Waals surface area contributed by atoms with Crippen LogP contribution in [0.4, 0.5) is 0 Å². The Kier molecular flexibility index (Phi) is 4.99. The fourth-order valence-corrected chi connectivity index (χ4v) is 3.51. The molecular weight excluding hydrogens is 240 g/mol. The van der Waals surface area contributed by atoms with E-state index in [4.69, 9.17) is 5.11 Å². The van der Waals surface area contributed by atoms with Gasteiger partial charge in [-0.25, -0.2) is 4.79 Å². The van der Waals surface area contributed by atoms with E-state index in [2.05, 4.69) is 17.3 Å². The number of carbonyl (C=O) groups is 1. The third kappa shape index (κ3) is 3.57. The number of aliphatic carboxylic acids is 1. The fourth-order valence-electron chi connectivity index (χ4n) is 3.51. The van der Waals surface area contributed by atoms with Gasteiger partial charge in [-0.2, -0.15) is 0 Å². The van der Waals surface area contributed by atoms with E-state index in [1.54, 1.807) is 0 Å². The maximum Gasteiger partial charge on any atom is 0.331 e. The predicted molar refractivity (Wildman–Crippen MR) is 76.2 cm³/mol. The van der Waals surface area contributed by atoms with Crippen LogP contribution < -0.4 is 5.32 Å². The molecule has 19 heavy (non-hydrogen) atoms. The molecule has 2 unspecified atom stereocenters. The van der Waals surface area contributed by atoms with Crippen molar-refractivity contribution < 1.29 is 9.90 Å². The molecule has 2 heterocycles. The highest BCUT2D eigenvalue weighted by atomic mass is 16.4. The Balaban J connectivity index is 1.83. The highest BCUT2D eigenvalue weighted by molar-refractivity contribution is 5.86. The zero-order valence-corrected chi connectivity index (χ0v) is 12.1. The van der Waals surface area contributed by atoms with Crippen LogP contribution in [0, 0.1) is 0 Å². The molecule has 4 nitrogen and oxygen atoms in total. The standard InChI is InChI=1S/C15H26N2O2/c1-3-11(15(18)19)7-8-16-12-9-13-5-4-6-14(10-12)17(13)2/h7,12-14,16H,3-6,8-10H2,1-2H3,(H,18,19). The number of carboxylic acids is 1. The SMILES string of the molecule is CCC(=CCNC1CC2CCCC(C1)N2C)C(=O)O. The molecule has 2 bridgehead atoms. The third-order valence-corrected chi connectivity index (χ3v) is 4.75. The van der Waals surface area contributed by atoms with E-state index in [1.165, 1.54) is 32.1 Å². The quantitative estimate of drug-likeness (QED) is 0.747. The summed E-state index contributed by atoms with van der Waals surface area (Å²) in [5.41, 5.74) is 0.514. The van der Waals surface area contributed by atoms with Crippen molar-refractivity contribution in [2.75, 3.05) is 13.6 Å². The van der Waals surface area contributed by atoms with Crippen molar-refractivity contribution in [3.05, 3.63) is 11.6 Å². The number of fused-ring (bicyclic) bond motifs is 2. The molecule has 2 atom stereocenters. The molecule has 0 saturated carbocycles. The van der Waals surface area contributed by atoms with E-state index in [0.29, 0.717) is 24.6 Å². The van der Waals surface area contributed by atoms with E-state index in [9.17, 15) is 4.79 Å². The second kappa shape index (κ2) is 6.53. The Hall–Kier alpha value is -0.870. The summed E-state index contributed by atoms with van der Waals surface area (Å²) in [6.07, 6.45) is 8.83. The van der Waals surface area contributed by atoms with Crippen LogP contribution in [0.5, 0.6) is 0 Å². The molecule has 0 aromatic rings. The summed E-state index contributed by atoms with van der Waals surface area (Å²) in [6.45, 7) is 2.57. The van der Waals surface area contributed by atoms with Crippen LogP contribution in [0.25, 0.3) is 0 Å². The third-order valence-electron chi connectivity index (χ3n) is 4.75. The Morgan fingerprint density at radius 2 is 2.00 bits per heavy atom. The Morgan fingerprint density at radius 3 is 2.53 bits per heavy atom. The Bertz CT molecular complexity index is 340. The van der Waals surface area contributed by atoms with E-state index >= 15 is 0 Å². The lowest BCUT2D eigenvalue weighted by Crippen LogP contribution is -2.54. The zero-order valence-electron chi connectivity index (χ0n) is 12.1. The minimum Gasteiger partial charge on any atom is -0.478 e. The maximum atomic E-state index is 10.9. The highest BCUT2D eigenvalue weighted by Crippen LogP contribution is 2.32. The van der Waals surface area contributed by atoms with Gasteiger partial charge in [-0.15, -0.1) is 0 Å². The highest BCUT2D eigenvalue weighted by Gasteiger charge is 2.35. The molecule has 0 aliphatic carbocycles. The van der Waals surface area contributed by atoms with Gasteiger partial charge in [-0.05, 0) is 39.2 Å². The molecule has 0 spiro atoms. The summed E-state index contributed by atoms with van der Waals surface area (Å²) >= 11 is 0. The second-order valence-electron chi connectivity index (χ2n) is 5.87. The van der Waals surface area contributed by atoms with Gasteiger partial charge in [0.25, 0.3) is 0 Å². The first-order chi connectivity index (χ1) is 9.11. The number of rotatable bonds is 5. The predicted octanol–water partition coefficient (Wildman–Crippen LogP) is 2.01. The van der Waals surface area contributed by atoms with Gasteiger partial charge in [0, 0.05) is 30.2 Å². The van der Waals surface area contributed by atoms with Crippen LogP contribution in [-0.4, -0.2) is 47.7 Å². The average Bonchev–Trinajstić information content (AvgIpc) is 2.35.